The van der Waals surface area contributed by atoms with Crippen LogP contribution in [-0.4, -0.2) is 27.7 Å². The van der Waals surface area contributed by atoms with Gasteiger partial charge in [-0.15, -0.1) is 0 Å². The Balaban J connectivity index is 1.88. The molecular formula is C24H23NO4S2. The number of hydrogen-bond acceptors (Lipinski definition) is 4. The van der Waals surface area contributed by atoms with Crippen LogP contribution in [0.3, 0.4) is 0 Å². The molecule has 3 aromatic rings. The molecule has 1 atom stereocenters. The summed E-state index contributed by atoms with van der Waals surface area (Å²) in [4.78, 5) is 0.391. The average molecular weight is 454 g/mol. The third-order valence-corrected chi connectivity index (χ3v) is 9.14. The van der Waals surface area contributed by atoms with Gasteiger partial charge in [0, 0.05) is 6.54 Å². The first kappa shape index (κ1) is 21.5. The molecule has 31 heavy (non-hydrogen) atoms. The molecule has 1 heterocycles. The minimum absolute atomic E-state index is 0.0910. The summed E-state index contributed by atoms with van der Waals surface area (Å²) in [5.74, 6) is 0. The highest BCUT2D eigenvalue weighted by atomic mass is 32.2. The Morgan fingerprint density at radius 2 is 1.32 bits per heavy atom. The molecule has 0 spiro atoms. The molecule has 3 aromatic carbocycles. The average Bonchev–Trinajstić information content (AvgIpc) is 2.80. The molecule has 1 aliphatic rings. The van der Waals surface area contributed by atoms with E-state index < -0.39 is 25.9 Å². The van der Waals surface area contributed by atoms with Crippen molar-refractivity contribution < 1.29 is 16.8 Å². The van der Waals surface area contributed by atoms with Gasteiger partial charge in [0.1, 0.15) is 0 Å². The lowest BCUT2D eigenvalue weighted by atomic mass is 10.0. The van der Waals surface area contributed by atoms with Crippen LogP contribution in [0.4, 0.5) is 0 Å². The molecule has 0 N–H and O–H groups in total. The fraction of sp³-hybridized carbons (Fsp3) is 0.167. The summed E-state index contributed by atoms with van der Waals surface area (Å²) in [6.45, 7) is 2.08. The molecule has 0 radical (unpaired) electrons. The first-order chi connectivity index (χ1) is 14.8. The van der Waals surface area contributed by atoms with E-state index in [4.69, 9.17) is 0 Å². The molecule has 0 saturated carbocycles. The third kappa shape index (κ3) is 4.08. The topological polar surface area (TPSA) is 71.5 Å². The molecular weight excluding hydrogens is 430 g/mol. The van der Waals surface area contributed by atoms with Gasteiger partial charge in [-0.3, -0.25) is 0 Å². The predicted octanol–water partition coefficient (Wildman–Crippen LogP) is 4.49. The van der Waals surface area contributed by atoms with Crippen molar-refractivity contribution in [3.63, 3.8) is 0 Å². The summed E-state index contributed by atoms with van der Waals surface area (Å²) >= 11 is 0. The highest BCUT2D eigenvalue weighted by Gasteiger charge is 2.41. The molecule has 1 aliphatic heterocycles. The van der Waals surface area contributed by atoms with E-state index in [1.165, 1.54) is 16.4 Å². The van der Waals surface area contributed by atoms with Crippen molar-refractivity contribution in [1.82, 2.24) is 4.31 Å². The standard InChI is InChI=1S/C24H23NO4S2/c1-19-14-16-21(17-15-19)30(26,27)23-13-8-18-25(24(23)20-9-4-2-5-10-20)31(28,29)22-11-6-3-7-12-22/h2-7,9-17,24H,8,18H2,1H3. The van der Waals surface area contributed by atoms with Crippen LogP contribution >= 0.6 is 0 Å². The van der Waals surface area contributed by atoms with Gasteiger partial charge >= 0.3 is 0 Å². The van der Waals surface area contributed by atoms with E-state index in [0.717, 1.165) is 5.56 Å². The van der Waals surface area contributed by atoms with Crippen molar-refractivity contribution in [3.05, 3.63) is 107 Å². The molecule has 0 aromatic heterocycles. The Morgan fingerprint density at radius 1 is 0.742 bits per heavy atom. The first-order valence-corrected chi connectivity index (χ1v) is 12.9. The van der Waals surface area contributed by atoms with Crippen LogP contribution in [0.15, 0.2) is 106 Å². The van der Waals surface area contributed by atoms with Crippen LogP contribution in [0.5, 0.6) is 0 Å². The van der Waals surface area contributed by atoms with Gasteiger partial charge in [0.05, 0.1) is 20.7 Å². The molecule has 160 valence electrons. The zero-order valence-electron chi connectivity index (χ0n) is 17.0. The van der Waals surface area contributed by atoms with Crippen LogP contribution in [0.25, 0.3) is 0 Å². The summed E-state index contributed by atoms with van der Waals surface area (Å²) in [7, 11) is -7.81. The predicted molar refractivity (Wildman–Crippen MR) is 121 cm³/mol. The van der Waals surface area contributed by atoms with Crippen LogP contribution in [0, 0.1) is 6.92 Å². The van der Waals surface area contributed by atoms with Crippen molar-refractivity contribution in [2.24, 2.45) is 0 Å². The third-order valence-electron chi connectivity index (χ3n) is 5.36. The van der Waals surface area contributed by atoms with E-state index in [2.05, 4.69) is 0 Å². The van der Waals surface area contributed by atoms with Gasteiger partial charge in [0.2, 0.25) is 19.9 Å². The first-order valence-electron chi connectivity index (χ1n) is 9.95. The van der Waals surface area contributed by atoms with Crippen molar-refractivity contribution >= 4 is 19.9 Å². The second-order valence-corrected chi connectivity index (χ2v) is 11.3. The van der Waals surface area contributed by atoms with Crippen LogP contribution in [0.2, 0.25) is 0 Å². The molecule has 0 saturated heterocycles. The lowest BCUT2D eigenvalue weighted by molar-refractivity contribution is 0.353. The molecule has 0 aliphatic carbocycles. The van der Waals surface area contributed by atoms with Gasteiger partial charge in [-0.1, -0.05) is 72.3 Å². The Hall–Kier alpha value is -2.74. The maximum Gasteiger partial charge on any atom is 0.243 e. The number of sulfone groups is 1. The molecule has 0 fully saturated rings. The fourth-order valence-electron chi connectivity index (χ4n) is 3.78. The fourth-order valence-corrected chi connectivity index (χ4v) is 7.14. The monoisotopic (exact) mass is 453 g/mol. The number of sulfonamides is 1. The Bertz CT molecular complexity index is 1300. The molecule has 1 unspecified atom stereocenters. The minimum Gasteiger partial charge on any atom is -0.219 e. The normalized spacial score (nSPS) is 17.8. The van der Waals surface area contributed by atoms with Crippen molar-refractivity contribution in [2.75, 3.05) is 6.54 Å². The summed E-state index contributed by atoms with van der Waals surface area (Å²) in [5, 5.41) is 0. The number of hydrogen-bond donors (Lipinski definition) is 0. The summed E-state index contributed by atoms with van der Waals surface area (Å²) in [6.07, 6.45) is 1.97. The van der Waals surface area contributed by atoms with Crippen LogP contribution in [-0.2, 0) is 19.9 Å². The smallest absolute Gasteiger partial charge is 0.219 e. The van der Waals surface area contributed by atoms with Crippen molar-refractivity contribution in [3.8, 4) is 0 Å². The molecule has 5 nitrogen and oxygen atoms in total. The van der Waals surface area contributed by atoms with E-state index >= 15 is 0 Å². The lowest BCUT2D eigenvalue weighted by Gasteiger charge is -2.35. The number of rotatable bonds is 5. The SMILES string of the molecule is Cc1ccc(S(=O)(=O)C2=CCCN(S(=O)(=O)c3ccccc3)C2c2ccccc2)cc1. The van der Waals surface area contributed by atoms with Gasteiger partial charge in [-0.25, -0.2) is 16.8 Å². The minimum atomic E-state index is -3.91. The second kappa shape index (κ2) is 8.42. The lowest BCUT2D eigenvalue weighted by Crippen LogP contribution is -2.40. The van der Waals surface area contributed by atoms with Crippen LogP contribution in [0.1, 0.15) is 23.6 Å². The van der Waals surface area contributed by atoms with Crippen molar-refractivity contribution in [2.45, 2.75) is 29.2 Å². The van der Waals surface area contributed by atoms with E-state index in [-0.39, 0.29) is 21.2 Å². The number of aryl methyl sites for hydroxylation is 1. The Labute approximate surface area is 183 Å². The van der Waals surface area contributed by atoms with E-state index in [9.17, 15) is 16.8 Å². The number of benzene rings is 3. The highest BCUT2D eigenvalue weighted by Crippen LogP contribution is 2.41. The maximum atomic E-state index is 13.6. The van der Waals surface area contributed by atoms with Gasteiger partial charge < -0.3 is 0 Å². The second-order valence-electron chi connectivity index (χ2n) is 7.45. The molecule has 0 bridgehead atoms. The number of nitrogens with zero attached hydrogens (tertiary/aromatic N) is 1. The molecule has 0 amide bonds. The van der Waals surface area contributed by atoms with E-state index in [0.29, 0.717) is 12.0 Å². The summed E-state index contributed by atoms with van der Waals surface area (Å²) in [5.41, 5.74) is 1.56. The van der Waals surface area contributed by atoms with Gasteiger partial charge in [-0.2, -0.15) is 4.31 Å². The maximum absolute atomic E-state index is 13.6. The summed E-state index contributed by atoms with van der Waals surface area (Å²) in [6, 6.07) is 22.7. The van der Waals surface area contributed by atoms with Gasteiger partial charge in [-0.05, 0) is 43.2 Å². The zero-order valence-corrected chi connectivity index (χ0v) is 18.7. The van der Waals surface area contributed by atoms with E-state index in [1.807, 2.05) is 13.0 Å². The zero-order chi connectivity index (χ0) is 22.1. The van der Waals surface area contributed by atoms with E-state index in [1.54, 1.807) is 72.8 Å². The van der Waals surface area contributed by atoms with Gasteiger partial charge in [0.15, 0.2) is 0 Å². The van der Waals surface area contributed by atoms with Crippen LogP contribution < -0.4 is 0 Å². The quantitative estimate of drug-likeness (QED) is 0.571. The molecule has 4 rings (SSSR count). The van der Waals surface area contributed by atoms with Gasteiger partial charge in [0.25, 0.3) is 0 Å². The summed E-state index contributed by atoms with van der Waals surface area (Å²) < 4.78 is 55.6. The van der Waals surface area contributed by atoms with Crippen molar-refractivity contribution in [1.29, 1.82) is 0 Å². The Kier molecular flexibility index (Phi) is 5.83. The largest absolute Gasteiger partial charge is 0.243 e. The highest BCUT2D eigenvalue weighted by molar-refractivity contribution is 7.95. The molecule has 7 heteroatoms. The Morgan fingerprint density at radius 3 is 1.94 bits per heavy atom.